The smallest absolute Gasteiger partial charge is 0.248 e. The maximum Gasteiger partial charge on any atom is 0.248 e. The predicted molar refractivity (Wildman–Crippen MR) is 149 cm³/mol. The van der Waals surface area contributed by atoms with Gasteiger partial charge in [0.1, 0.15) is 12.6 Å². The van der Waals surface area contributed by atoms with Gasteiger partial charge in [0.25, 0.3) is 0 Å². The van der Waals surface area contributed by atoms with Crippen LogP contribution >= 0.6 is 11.3 Å². The topological polar surface area (TPSA) is 121 Å². The van der Waals surface area contributed by atoms with Gasteiger partial charge in [0.2, 0.25) is 17.6 Å². The van der Waals surface area contributed by atoms with Gasteiger partial charge in [0.05, 0.1) is 20.3 Å². The Morgan fingerprint density at radius 2 is 1.95 bits per heavy atom. The maximum atomic E-state index is 14.0. The van der Waals surface area contributed by atoms with E-state index in [1.54, 1.807) is 31.3 Å². The van der Waals surface area contributed by atoms with Crippen molar-refractivity contribution in [3.05, 3.63) is 40.6 Å². The summed E-state index contributed by atoms with van der Waals surface area (Å²) in [4.78, 5) is 31.6. The molecule has 1 aliphatic heterocycles. The molecule has 1 N–H and O–H groups in total. The van der Waals surface area contributed by atoms with E-state index in [9.17, 15) is 9.59 Å². The standard InChI is InChI=1S/C28H36N6O5S/c1-37-22-13-12-19(16-23(22)38-2)27-30-32-33(31-27)18-25(35)34(20-8-4-3-5-9-20)26(24-11-7-15-40-24)28(36)29-17-21-10-6-14-39-21/h7,11-13,15-16,20-21,26H,3-6,8-10,14,17-18H2,1-2H3,(H,29,36)/t21-,26-/m0/s1. The van der Waals surface area contributed by atoms with Crippen molar-refractivity contribution >= 4 is 23.2 Å². The third kappa shape index (κ3) is 6.44. The van der Waals surface area contributed by atoms with Gasteiger partial charge in [-0.1, -0.05) is 25.3 Å². The molecule has 2 amide bonds. The Hall–Kier alpha value is -3.51. The molecule has 2 atom stereocenters. The van der Waals surface area contributed by atoms with Crippen LogP contribution in [-0.2, 0) is 20.9 Å². The first kappa shape index (κ1) is 28.0. The molecule has 2 fully saturated rings. The lowest BCUT2D eigenvalue weighted by Gasteiger charge is -2.39. The minimum absolute atomic E-state index is 0.0149. The molecule has 1 saturated heterocycles. The molecule has 40 heavy (non-hydrogen) atoms. The number of methoxy groups -OCH3 is 2. The third-order valence-corrected chi connectivity index (χ3v) is 8.42. The lowest BCUT2D eigenvalue weighted by Crippen LogP contribution is -2.51. The molecular weight excluding hydrogens is 532 g/mol. The highest BCUT2D eigenvalue weighted by molar-refractivity contribution is 7.10. The van der Waals surface area contributed by atoms with E-state index in [1.807, 2.05) is 23.6 Å². The molecule has 0 unspecified atom stereocenters. The fraction of sp³-hybridized carbons (Fsp3) is 0.536. The third-order valence-electron chi connectivity index (χ3n) is 7.49. The molecule has 11 nitrogen and oxygen atoms in total. The minimum atomic E-state index is -0.731. The second-order valence-electron chi connectivity index (χ2n) is 10.1. The molecule has 0 radical (unpaired) electrons. The summed E-state index contributed by atoms with van der Waals surface area (Å²) in [5, 5.41) is 17.8. The van der Waals surface area contributed by atoms with E-state index in [1.165, 1.54) is 16.1 Å². The van der Waals surface area contributed by atoms with Crippen molar-refractivity contribution in [1.29, 1.82) is 0 Å². The molecule has 5 rings (SSSR count). The molecule has 214 valence electrons. The van der Waals surface area contributed by atoms with Crippen LogP contribution in [0, 0.1) is 0 Å². The molecule has 1 aliphatic carbocycles. The van der Waals surface area contributed by atoms with Crippen LogP contribution in [0.3, 0.4) is 0 Å². The largest absolute Gasteiger partial charge is 0.493 e. The quantitative estimate of drug-likeness (QED) is 0.372. The Morgan fingerprint density at radius 3 is 2.65 bits per heavy atom. The summed E-state index contributed by atoms with van der Waals surface area (Å²) in [5.41, 5.74) is 0.686. The zero-order valence-electron chi connectivity index (χ0n) is 23.0. The maximum absolute atomic E-state index is 14.0. The van der Waals surface area contributed by atoms with Gasteiger partial charge < -0.3 is 24.4 Å². The van der Waals surface area contributed by atoms with E-state index in [4.69, 9.17) is 14.2 Å². The van der Waals surface area contributed by atoms with Gasteiger partial charge in [0.15, 0.2) is 11.5 Å². The van der Waals surface area contributed by atoms with E-state index in [-0.39, 0.29) is 30.5 Å². The number of hydrogen-bond acceptors (Lipinski definition) is 9. The molecule has 1 aromatic carbocycles. The van der Waals surface area contributed by atoms with Crippen molar-refractivity contribution < 1.29 is 23.8 Å². The molecule has 2 aliphatic rings. The lowest BCUT2D eigenvalue weighted by molar-refractivity contribution is -0.145. The number of tetrazole rings is 1. The van der Waals surface area contributed by atoms with Gasteiger partial charge in [-0.25, -0.2) is 0 Å². The summed E-state index contributed by atoms with van der Waals surface area (Å²) in [6.45, 7) is 1.03. The predicted octanol–water partition coefficient (Wildman–Crippen LogP) is 3.62. The fourth-order valence-electron chi connectivity index (χ4n) is 5.48. The van der Waals surface area contributed by atoms with Crippen LogP contribution in [0.2, 0.25) is 0 Å². The van der Waals surface area contributed by atoms with Crippen molar-refractivity contribution in [2.75, 3.05) is 27.4 Å². The number of amides is 2. The number of nitrogens with zero attached hydrogens (tertiary/aromatic N) is 5. The van der Waals surface area contributed by atoms with Gasteiger partial charge in [-0.05, 0) is 60.5 Å². The van der Waals surface area contributed by atoms with Crippen LogP contribution in [0.25, 0.3) is 11.4 Å². The van der Waals surface area contributed by atoms with Crippen molar-refractivity contribution in [3.63, 3.8) is 0 Å². The first-order valence-electron chi connectivity index (χ1n) is 13.8. The number of thiophene rings is 1. The van der Waals surface area contributed by atoms with Crippen molar-refractivity contribution in [3.8, 4) is 22.9 Å². The minimum Gasteiger partial charge on any atom is -0.493 e. The van der Waals surface area contributed by atoms with E-state index >= 15 is 0 Å². The van der Waals surface area contributed by atoms with Crippen LogP contribution in [0.15, 0.2) is 35.7 Å². The van der Waals surface area contributed by atoms with E-state index < -0.39 is 6.04 Å². The number of carbonyl (C=O) groups excluding carboxylic acids is 2. The normalized spacial score (nSPS) is 18.3. The molecule has 3 heterocycles. The molecular formula is C28H36N6O5S. The van der Waals surface area contributed by atoms with Gasteiger partial charge >= 0.3 is 0 Å². The molecule has 0 spiro atoms. The van der Waals surface area contributed by atoms with Crippen molar-refractivity contribution in [2.45, 2.75) is 69.7 Å². The highest BCUT2D eigenvalue weighted by Gasteiger charge is 2.38. The molecule has 12 heteroatoms. The summed E-state index contributed by atoms with van der Waals surface area (Å²) in [7, 11) is 3.13. The van der Waals surface area contributed by atoms with Gasteiger partial charge in [-0.2, -0.15) is 4.80 Å². The summed E-state index contributed by atoms with van der Waals surface area (Å²) in [6, 6.07) is 8.41. The van der Waals surface area contributed by atoms with Crippen molar-refractivity contribution in [1.82, 2.24) is 30.4 Å². The molecule has 1 saturated carbocycles. The summed E-state index contributed by atoms with van der Waals surface area (Å²) >= 11 is 1.48. The van der Waals surface area contributed by atoms with Gasteiger partial charge in [-0.15, -0.1) is 21.5 Å². The average molecular weight is 569 g/mol. The SMILES string of the molecule is COc1ccc(-c2nnn(CC(=O)N(C3CCCCC3)[C@H](C(=O)NC[C@@H]3CCCO3)c3cccs3)n2)cc1OC. The van der Waals surface area contributed by atoms with Crippen LogP contribution in [0.5, 0.6) is 11.5 Å². The first-order valence-corrected chi connectivity index (χ1v) is 14.7. The number of hydrogen-bond donors (Lipinski definition) is 1. The second kappa shape index (κ2) is 13.2. The highest BCUT2D eigenvalue weighted by Crippen LogP contribution is 2.34. The summed E-state index contributed by atoms with van der Waals surface area (Å²) in [6.07, 6.45) is 6.83. The van der Waals surface area contributed by atoms with Crippen molar-refractivity contribution in [2.24, 2.45) is 0 Å². The Bertz CT molecular complexity index is 1270. The fourth-order valence-corrected chi connectivity index (χ4v) is 6.30. The zero-order chi connectivity index (χ0) is 27.9. The Labute approximate surface area is 237 Å². The summed E-state index contributed by atoms with van der Waals surface area (Å²) in [5.74, 6) is 1.10. The van der Waals surface area contributed by atoms with Gasteiger partial charge in [0, 0.05) is 29.6 Å². The Kier molecular flexibility index (Phi) is 9.27. The van der Waals surface area contributed by atoms with Crippen LogP contribution < -0.4 is 14.8 Å². The van der Waals surface area contributed by atoms with E-state index in [0.717, 1.165) is 56.4 Å². The molecule has 0 bridgehead atoms. The molecule has 3 aromatic rings. The number of benzene rings is 1. The summed E-state index contributed by atoms with van der Waals surface area (Å²) < 4.78 is 16.4. The number of nitrogens with one attached hydrogen (secondary N) is 1. The number of aromatic nitrogens is 4. The molecule has 2 aromatic heterocycles. The van der Waals surface area contributed by atoms with E-state index in [2.05, 4.69) is 20.7 Å². The number of ether oxygens (including phenoxy) is 3. The lowest BCUT2D eigenvalue weighted by atomic mass is 9.92. The van der Waals surface area contributed by atoms with Crippen LogP contribution in [0.4, 0.5) is 0 Å². The number of carbonyl (C=O) groups is 2. The average Bonchev–Trinajstić information content (AvgIpc) is 3.78. The first-order chi connectivity index (χ1) is 19.6. The van der Waals surface area contributed by atoms with Crippen LogP contribution in [-0.4, -0.2) is 76.4 Å². The number of rotatable bonds is 11. The second-order valence-corrected chi connectivity index (χ2v) is 11.1. The zero-order valence-corrected chi connectivity index (χ0v) is 23.8. The van der Waals surface area contributed by atoms with E-state index in [0.29, 0.717) is 29.4 Å². The highest BCUT2D eigenvalue weighted by atomic mass is 32.1. The Morgan fingerprint density at radius 1 is 1.12 bits per heavy atom. The van der Waals surface area contributed by atoms with Crippen LogP contribution in [0.1, 0.15) is 55.9 Å². The van der Waals surface area contributed by atoms with Gasteiger partial charge in [-0.3, -0.25) is 9.59 Å². The monoisotopic (exact) mass is 568 g/mol. The Balaban J connectivity index is 1.38.